The normalized spacial score (nSPS) is 16.4. The third-order valence-corrected chi connectivity index (χ3v) is 4.80. The largest absolute Gasteiger partial charge is 0.392 e. The first-order valence-electron chi connectivity index (χ1n) is 8.45. The van der Waals surface area contributed by atoms with Crippen LogP contribution in [0.1, 0.15) is 29.5 Å². The molecule has 25 heavy (non-hydrogen) atoms. The Morgan fingerprint density at radius 3 is 2.48 bits per heavy atom. The molecular formula is C20H22FNO3. The van der Waals surface area contributed by atoms with Crippen LogP contribution in [0.4, 0.5) is 4.39 Å². The molecule has 0 atom stereocenters. The summed E-state index contributed by atoms with van der Waals surface area (Å²) in [6, 6.07) is 13.6. The lowest BCUT2D eigenvalue weighted by molar-refractivity contribution is -0.130. The third kappa shape index (κ3) is 3.89. The van der Waals surface area contributed by atoms with Crippen molar-refractivity contribution < 1.29 is 19.0 Å². The molecule has 3 rings (SSSR count). The smallest absolute Gasteiger partial charge is 0.231 e. The van der Waals surface area contributed by atoms with Gasteiger partial charge in [-0.1, -0.05) is 36.4 Å². The Balaban J connectivity index is 1.78. The second kappa shape index (κ2) is 7.76. The standard InChI is InChI=1S/C20H22FNO3/c21-18-6-4-17(5-7-18)20(8-10-25-11-9-20)19(24)22-13-15-2-1-3-16(12-15)14-23/h1-7,12,23H,8-11,13-14H2,(H,22,24). The molecule has 2 aromatic rings. The van der Waals surface area contributed by atoms with Gasteiger partial charge in [-0.05, 0) is 41.7 Å². The molecule has 2 N–H and O–H groups in total. The molecule has 132 valence electrons. The molecule has 1 fully saturated rings. The number of aliphatic hydroxyl groups excluding tert-OH is 1. The van der Waals surface area contributed by atoms with Gasteiger partial charge in [0.25, 0.3) is 0 Å². The van der Waals surface area contributed by atoms with Crippen LogP contribution in [0.2, 0.25) is 0 Å². The van der Waals surface area contributed by atoms with Crippen LogP contribution in [0.5, 0.6) is 0 Å². The topological polar surface area (TPSA) is 58.6 Å². The molecule has 1 aliphatic rings. The van der Waals surface area contributed by atoms with Crippen molar-refractivity contribution in [1.29, 1.82) is 0 Å². The number of amides is 1. The predicted octanol–water partition coefficient (Wildman–Crippen LogP) is 2.68. The van der Waals surface area contributed by atoms with E-state index in [0.717, 1.165) is 16.7 Å². The number of carbonyl (C=O) groups is 1. The molecule has 5 heteroatoms. The fraction of sp³-hybridized carbons (Fsp3) is 0.350. The number of hydrogen-bond donors (Lipinski definition) is 2. The van der Waals surface area contributed by atoms with Crippen molar-refractivity contribution in [3.05, 3.63) is 71.0 Å². The SMILES string of the molecule is O=C(NCc1cccc(CO)c1)C1(c2ccc(F)cc2)CCOCC1. The van der Waals surface area contributed by atoms with Gasteiger partial charge in [0, 0.05) is 19.8 Å². The van der Waals surface area contributed by atoms with Gasteiger partial charge in [0.05, 0.1) is 12.0 Å². The van der Waals surface area contributed by atoms with E-state index in [4.69, 9.17) is 4.74 Å². The summed E-state index contributed by atoms with van der Waals surface area (Å²) < 4.78 is 18.7. The molecule has 1 saturated heterocycles. The van der Waals surface area contributed by atoms with Gasteiger partial charge in [-0.25, -0.2) is 4.39 Å². The highest BCUT2D eigenvalue weighted by molar-refractivity contribution is 5.88. The lowest BCUT2D eigenvalue weighted by Gasteiger charge is -2.36. The summed E-state index contributed by atoms with van der Waals surface area (Å²) in [6.45, 7) is 1.37. The minimum Gasteiger partial charge on any atom is -0.392 e. The fourth-order valence-electron chi connectivity index (χ4n) is 3.33. The van der Waals surface area contributed by atoms with E-state index in [-0.39, 0.29) is 18.3 Å². The Morgan fingerprint density at radius 2 is 1.80 bits per heavy atom. The monoisotopic (exact) mass is 343 g/mol. The van der Waals surface area contributed by atoms with E-state index in [0.29, 0.717) is 32.6 Å². The van der Waals surface area contributed by atoms with E-state index in [2.05, 4.69) is 5.32 Å². The Labute approximate surface area is 146 Å². The number of aliphatic hydroxyl groups is 1. The van der Waals surface area contributed by atoms with Gasteiger partial charge in [-0.2, -0.15) is 0 Å². The number of rotatable bonds is 5. The summed E-state index contributed by atoms with van der Waals surface area (Å²) in [5.41, 5.74) is 1.87. The Bertz CT molecular complexity index is 724. The molecule has 0 unspecified atom stereocenters. The molecule has 1 amide bonds. The van der Waals surface area contributed by atoms with Gasteiger partial charge in [0.2, 0.25) is 5.91 Å². The van der Waals surface area contributed by atoms with Gasteiger partial charge in [0.1, 0.15) is 5.82 Å². The zero-order valence-corrected chi connectivity index (χ0v) is 14.0. The van der Waals surface area contributed by atoms with E-state index in [1.807, 2.05) is 24.3 Å². The molecule has 0 bridgehead atoms. The lowest BCUT2D eigenvalue weighted by Crippen LogP contribution is -2.47. The van der Waals surface area contributed by atoms with E-state index in [9.17, 15) is 14.3 Å². The number of ether oxygens (including phenoxy) is 1. The van der Waals surface area contributed by atoms with Crippen molar-refractivity contribution >= 4 is 5.91 Å². The maximum atomic E-state index is 13.3. The Hall–Kier alpha value is -2.24. The maximum absolute atomic E-state index is 13.3. The molecule has 4 nitrogen and oxygen atoms in total. The van der Waals surface area contributed by atoms with Gasteiger partial charge in [-0.15, -0.1) is 0 Å². The Morgan fingerprint density at radius 1 is 1.12 bits per heavy atom. The van der Waals surface area contributed by atoms with Crippen molar-refractivity contribution in [2.24, 2.45) is 0 Å². The molecule has 0 aromatic heterocycles. The van der Waals surface area contributed by atoms with E-state index >= 15 is 0 Å². The van der Waals surface area contributed by atoms with Crippen molar-refractivity contribution in [3.8, 4) is 0 Å². The first kappa shape index (κ1) is 17.6. The second-order valence-corrected chi connectivity index (χ2v) is 6.36. The van der Waals surface area contributed by atoms with Crippen LogP contribution in [-0.4, -0.2) is 24.2 Å². The quantitative estimate of drug-likeness (QED) is 0.878. The average Bonchev–Trinajstić information content (AvgIpc) is 2.67. The summed E-state index contributed by atoms with van der Waals surface area (Å²) in [5.74, 6) is -0.385. The van der Waals surface area contributed by atoms with Crippen LogP contribution in [-0.2, 0) is 28.1 Å². The second-order valence-electron chi connectivity index (χ2n) is 6.36. The molecule has 1 heterocycles. The summed E-state index contributed by atoms with van der Waals surface area (Å²) in [7, 11) is 0. The van der Waals surface area contributed by atoms with Crippen LogP contribution in [0.3, 0.4) is 0 Å². The number of benzene rings is 2. The third-order valence-electron chi connectivity index (χ3n) is 4.80. The first-order chi connectivity index (χ1) is 12.1. The molecule has 0 saturated carbocycles. The zero-order valence-electron chi connectivity index (χ0n) is 14.0. The highest BCUT2D eigenvalue weighted by Gasteiger charge is 2.41. The summed E-state index contributed by atoms with van der Waals surface area (Å²) in [6.07, 6.45) is 1.14. The lowest BCUT2D eigenvalue weighted by atomic mass is 9.73. The predicted molar refractivity (Wildman–Crippen MR) is 92.3 cm³/mol. The number of carbonyl (C=O) groups excluding carboxylic acids is 1. The summed E-state index contributed by atoms with van der Waals surface area (Å²) >= 11 is 0. The first-order valence-corrected chi connectivity index (χ1v) is 8.45. The maximum Gasteiger partial charge on any atom is 0.231 e. The highest BCUT2D eigenvalue weighted by atomic mass is 19.1. The van der Waals surface area contributed by atoms with Crippen LogP contribution in [0, 0.1) is 5.82 Å². The van der Waals surface area contributed by atoms with E-state index < -0.39 is 5.41 Å². The Kier molecular flexibility index (Phi) is 5.46. The molecular weight excluding hydrogens is 321 g/mol. The molecule has 1 aliphatic heterocycles. The number of nitrogens with one attached hydrogen (secondary N) is 1. The van der Waals surface area contributed by atoms with E-state index in [1.54, 1.807) is 12.1 Å². The molecule has 0 aliphatic carbocycles. The van der Waals surface area contributed by atoms with Gasteiger partial charge < -0.3 is 15.2 Å². The number of hydrogen-bond acceptors (Lipinski definition) is 3. The highest BCUT2D eigenvalue weighted by Crippen LogP contribution is 2.35. The molecule has 0 spiro atoms. The molecule has 0 radical (unpaired) electrons. The average molecular weight is 343 g/mol. The van der Waals surface area contributed by atoms with Crippen molar-refractivity contribution in [1.82, 2.24) is 5.32 Å². The van der Waals surface area contributed by atoms with Gasteiger partial charge in [0.15, 0.2) is 0 Å². The van der Waals surface area contributed by atoms with Crippen molar-refractivity contribution in [2.45, 2.75) is 31.4 Å². The summed E-state index contributed by atoms with van der Waals surface area (Å²) in [4.78, 5) is 13.0. The van der Waals surface area contributed by atoms with Crippen molar-refractivity contribution in [3.63, 3.8) is 0 Å². The van der Waals surface area contributed by atoms with Gasteiger partial charge in [-0.3, -0.25) is 4.79 Å². The minimum atomic E-state index is -0.694. The van der Waals surface area contributed by atoms with Crippen LogP contribution < -0.4 is 5.32 Å². The van der Waals surface area contributed by atoms with E-state index in [1.165, 1.54) is 12.1 Å². The van der Waals surface area contributed by atoms with Crippen LogP contribution >= 0.6 is 0 Å². The minimum absolute atomic E-state index is 0.0291. The number of halogens is 1. The van der Waals surface area contributed by atoms with Crippen LogP contribution in [0.15, 0.2) is 48.5 Å². The zero-order chi connectivity index (χ0) is 17.7. The fourth-order valence-corrected chi connectivity index (χ4v) is 3.33. The van der Waals surface area contributed by atoms with Crippen LogP contribution in [0.25, 0.3) is 0 Å². The van der Waals surface area contributed by atoms with Gasteiger partial charge >= 0.3 is 0 Å². The van der Waals surface area contributed by atoms with Crippen molar-refractivity contribution in [2.75, 3.05) is 13.2 Å². The molecule has 2 aromatic carbocycles. The summed E-state index contributed by atoms with van der Waals surface area (Å²) in [5, 5.41) is 12.2.